The molecule has 0 rings (SSSR count). The van der Waals surface area contributed by atoms with Gasteiger partial charge in [0.2, 0.25) is 5.91 Å². The average molecular weight is 385 g/mol. The van der Waals surface area contributed by atoms with Crippen LogP contribution in [0.4, 0.5) is 0 Å². The van der Waals surface area contributed by atoms with Gasteiger partial charge >= 0.3 is 0 Å². The van der Waals surface area contributed by atoms with E-state index in [1.54, 1.807) is 0 Å². The maximum Gasteiger partial charge on any atom is 0.232 e. The lowest BCUT2D eigenvalue weighted by molar-refractivity contribution is -0.115. The van der Waals surface area contributed by atoms with Gasteiger partial charge in [0.25, 0.3) is 0 Å². The second kappa shape index (κ2) is 16.2. The van der Waals surface area contributed by atoms with Crippen molar-refractivity contribution in [3.8, 4) is 0 Å². The highest BCUT2D eigenvalue weighted by Crippen LogP contribution is 2.10. The summed E-state index contributed by atoms with van der Waals surface area (Å²) in [6.45, 7) is 3.61. The van der Waals surface area contributed by atoms with Crippen molar-refractivity contribution in [2.24, 2.45) is 5.73 Å². The van der Waals surface area contributed by atoms with Gasteiger partial charge in [-0.05, 0) is 20.0 Å². The molecule has 0 radical (unpaired) electrons. The topological polar surface area (TPSA) is 80.5 Å². The number of hydrogen-bond acceptors (Lipinski definition) is 4. The summed E-state index contributed by atoms with van der Waals surface area (Å²) < 4.78 is 23.1. The smallest absolute Gasteiger partial charge is 0.232 e. The van der Waals surface area contributed by atoms with Crippen LogP contribution in [0.15, 0.2) is 0 Å². The zero-order valence-electron chi connectivity index (χ0n) is 15.5. The molecule has 0 atom stereocenters. The van der Waals surface area contributed by atoms with Gasteiger partial charge in [0.1, 0.15) is 5.75 Å². The van der Waals surface area contributed by atoms with Crippen molar-refractivity contribution in [1.29, 1.82) is 0 Å². The molecule has 1 amide bonds. The van der Waals surface area contributed by atoms with E-state index in [-0.39, 0.29) is 18.2 Å². The zero-order chi connectivity index (χ0) is 17.6. The van der Waals surface area contributed by atoms with Crippen LogP contribution in [0.1, 0.15) is 71.1 Å². The molecular weight excluding hydrogens is 348 g/mol. The fourth-order valence-electron chi connectivity index (χ4n) is 2.56. The highest BCUT2D eigenvalue weighted by molar-refractivity contribution is 7.92. The summed E-state index contributed by atoms with van der Waals surface area (Å²) in [4.78, 5) is 12.7. The Morgan fingerprint density at radius 1 is 0.875 bits per heavy atom. The number of sulfone groups is 1. The summed E-state index contributed by atoms with van der Waals surface area (Å²) in [6.07, 6.45) is 13.0. The van der Waals surface area contributed by atoms with Crippen LogP contribution in [0.2, 0.25) is 0 Å². The van der Waals surface area contributed by atoms with Gasteiger partial charge < -0.3 is 10.6 Å². The van der Waals surface area contributed by atoms with E-state index in [1.807, 2.05) is 11.9 Å². The predicted molar refractivity (Wildman–Crippen MR) is 104 cm³/mol. The monoisotopic (exact) mass is 384 g/mol. The molecule has 0 bridgehead atoms. The van der Waals surface area contributed by atoms with Crippen LogP contribution in [0.25, 0.3) is 0 Å². The van der Waals surface area contributed by atoms with E-state index in [9.17, 15) is 13.2 Å². The van der Waals surface area contributed by atoms with Crippen LogP contribution in [0, 0.1) is 0 Å². The minimum absolute atomic E-state index is 0. The normalized spacial score (nSPS) is 11.5. The highest BCUT2D eigenvalue weighted by Gasteiger charge is 2.15. The minimum Gasteiger partial charge on any atom is -0.369 e. The largest absolute Gasteiger partial charge is 0.369 e. The number of primary amides is 1. The van der Waals surface area contributed by atoms with Gasteiger partial charge in [-0.25, -0.2) is 8.42 Å². The third-order valence-corrected chi connectivity index (χ3v) is 5.57. The molecular formula is C17H37ClN2O3S. The van der Waals surface area contributed by atoms with Gasteiger partial charge in [0.15, 0.2) is 9.84 Å². The Kier molecular flexibility index (Phi) is 17.4. The predicted octanol–water partition coefficient (Wildman–Crippen LogP) is 3.16. The standard InChI is InChI=1S/C17H36N2O3S.ClH/c1-3-4-5-6-7-8-9-10-11-12-13-19(2)14-15-23(21,22)16-17(18)20;/h3-16H2,1-2H3,(H2,18,20);1H. The average Bonchev–Trinajstić information content (AvgIpc) is 2.46. The molecule has 0 aliphatic rings. The summed E-state index contributed by atoms with van der Waals surface area (Å²) >= 11 is 0. The molecule has 7 heteroatoms. The van der Waals surface area contributed by atoms with Gasteiger partial charge in [0, 0.05) is 6.54 Å². The van der Waals surface area contributed by atoms with Crippen molar-refractivity contribution >= 4 is 28.2 Å². The van der Waals surface area contributed by atoms with Crippen LogP contribution in [-0.2, 0) is 14.6 Å². The van der Waals surface area contributed by atoms with E-state index in [1.165, 1.54) is 57.8 Å². The molecule has 0 saturated carbocycles. The molecule has 0 aromatic heterocycles. The Balaban J connectivity index is 0. The molecule has 146 valence electrons. The number of hydrogen-bond donors (Lipinski definition) is 1. The van der Waals surface area contributed by atoms with E-state index in [2.05, 4.69) is 6.92 Å². The van der Waals surface area contributed by atoms with Crippen LogP contribution < -0.4 is 5.73 Å². The molecule has 24 heavy (non-hydrogen) atoms. The van der Waals surface area contributed by atoms with E-state index in [0.717, 1.165) is 13.0 Å². The van der Waals surface area contributed by atoms with Crippen molar-refractivity contribution in [1.82, 2.24) is 4.90 Å². The number of unbranched alkanes of at least 4 members (excludes halogenated alkanes) is 9. The summed E-state index contributed by atoms with van der Waals surface area (Å²) in [5.41, 5.74) is 4.93. The lowest BCUT2D eigenvalue weighted by Crippen LogP contribution is -2.31. The lowest BCUT2D eigenvalue weighted by Gasteiger charge is -2.16. The van der Waals surface area contributed by atoms with Gasteiger partial charge in [-0.2, -0.15) is 0 Å². The molecule has 0 aliphatic heterocycles. The summed E-state index contributed by atoms with van der Waals surface area (Å²) in [5, 5.41) is 0. The third-order valence-electron chi connectivity index (χ3n) is 4.04. The highest BCUT2D eigenvalue weighted by atomic mass is 35.5. The Morgan fingerprint density at radius 2 is 1.33 bits per heavy atom. The molecule has 0 aromatic rings. The Morgan fingerprint density at radius 3 is 1.79 bits per heavy atom. The van der Waals surface area contributed by atoms with Crippen LogP contribution in [-0.4, -0.2) is 50.9 Å². The van der Waals surface area contributed by atoms with Crippen molar-refractivity contribution in [2.45, 2.75) is 71.1 Å². The fraction of sp³-hybridized carbons (Fsp3) is 0.941. The molecule has 0 spiro atoms. The first-order chi connectivity index (χ1) is 10.9. The van der Waals surface area contributed by atoms with Gasteiger partial charge in [-0.1, -0.05) is 64.7 Å². The van der Waals surface area contributed by atoms with Crippen molar-refractivity contribution in [3.05, 3.63) is 0 Å². The second-order valence-electron chi connectivity index (χ2n) is 6.54. The first kappa shape index (κ1) is 25.9. The third kappa shape index (κ3) is 18.0. The van der Waals surface area contributed by atoms with Crippen LogP contribution >= 0.6 is 12.4 Å². The SMILES string of the molecule is CCCCCCCCCCCCN(C)CCS(=O)(=O)CC(N)=O.Cl. The van der Waals surface area contributed by atoms with Gasteiger partial charge in [-0.15, -0.1) is 12.4 Å². The fourth-order valence-corrected chi connectivity index (χ4v) is 3.73. The Bertz CT molecular complexity index is 403. The summed E-state index contributed by atoms with van der Waals surface area (Å²) in [7, 11) is -1.42. The molecule has 0 aromatic carbocycles. The number of nitrogens with two attached hydrogens (primary N) is 1. The minimum atomic E-state index is -3.34. The maximum absolute atomic E-state index is 11.6. The van der Waals surface area contributed by atoms with E-state index in [0.29, 0.717) is 6.54 Å². The van der Waals surface area contributed by atoms with Crippen LogP contribution in [0.5, 0.6) is 0 Å². The number of carbonyl (C=O) groups excluding carboxylic acids is 1. The lowest BCUT2D eigenvalue weighted by atomic mass is 10.1. The Hall–Kier alpha value is -0.330. The number of rotatable bonds is 16. The Labute approximate surface area is 155 Å². The van der Waals surface area contributed by atoms with Gasteiger partial charge in [-0.3, -0.25) is 4.79 Å². The number of amides is 1. The number of carbonyl (C=O) groups is 1. The number of nitrogens with zero attached hydrogens (tertiary/aromatic N) is 1. The van der Waals surface area contributed by atoms with E-state index >= 15 is 0 Å². The first-order valence-electron chi connectivity index (χ1n) is 9.04. The zero-order valence-corrected chi connectivity index (χ0v) is 17.1. The number of halogens is 1. The molecule has 0 fully saturated rings. The summed E-state index contributed by atoms with van der Waals surface area (Å²) in [5.74, 6) is -1.31. The molecule has 2 N–H and O–H groups in total. The first-order valence-corrected chi connectivity index (χ1v) is 10.9. The summed E-state index contributed by atoms with van der Waals surface area (Å²) in [6, 6.07) is 0. The molecule has 0 unspecified atom stereocenters. The maximum atomic E-state index is 11.6. The van der Waals surface area contributed by atoms with Crippen molar-refractivity contribution in [3.63, 3.8) is 0 Å². The molecule has 0 heterocycles. The van der Waals surface area contributed by atoms with Crippen molar-refractivity contribution < 1.29 is 13.2 Å². The quantitative estimate of drug-likeness (QED) is 0.414. The van der Waals surface area contributed by atoms with Crippen LogP contribution in [0.3, 0.4) is 0 Å². The molecule has 0 aliphatic carbocycles. The van der Waals surface area contributed by atoms with E-state index in [4.69, 9.17) is 5.73 Å². The van der Waals surface area contributed by atoms with Gasteiger partial charge in [0.05, 0.1) is 5.75 Å². The van der Waals surface area contributed by atoms with Crippen molar-refractivity contribution in [2.75, 3.05) is 31.6 Å². The molecule has 0 saturated heterocycles. The van der Waals surface area contributed by atoms with E-state index < -0.39 is 21.5 Å². The molecule has 5 nitrogen and oxygen atoms in total. The second-order valence-corrected chi connectivity index (χ2v) is 8.73.